The highest BCUT2D eigenvalue weighted by Crippen LogP contribution is 2.40. The maximum absolute atomic E-state index is 9.42. The van der Waals surface area contributed by atoms with Crippen molar-refractivity contribution < 1.29 is 9.84 Å². The van der Waals surface area contributed by atoms with Gasteiger partial charge in [0.25, 0.3) is 0 Å². The van der Waals surface area contributed by atoms with Gasteiger partial charge in [-0.2, -0.15) is 4.37 Å². The van der Waals surface area contributed by atoms with E-state index in [0.29, 0.717) is 18.2 Å². The topological polar surface area (TPSA) is 71.6 Å². The van der Waals surface area contributed by atoms with E-state index in [1.807, 2.05) is 6.92 Å². The molecule has 3 N–H and O–H groups in total. The minimum atomic E-state index is 0.169. The highest BCUT2D eigenvalue weighted by atomic mass is 32.1. The van der Waals surface area contributed by atoms with Gasteiger partial charge in [-0.15, -0.1) is 0 Å². The Morgan fingerprint density at radius 3 is 3.12 bits per heavy atom. The second-order valence-electron chi connectivity index (χ2n) is 4.16. The Hall–Kier alpha value is -1.01. The summed E-state index contributed by atoms with van der Waals surface area (Å²) in [6.45, 7) is 3.62. The zero-order valence-corrected chi connectivity index (χ0v) is 10.9. The fraction of sp³-hybridized carbons (Fsp3) is 0.727. The summed E-state index contributed by atoms with van der Waals surface area (Å²) in [7, 11) is 0. The molecule has 1 saturated heterocycles. The van der Waals surface area contributed by atoms with Gasteiger partial charge in [0.1, 0.15) is 0 Å². The molecule has 0 radical (unpaired) electrons. The first-order valence-corrected chi connectivity index (χ1v) is 6.80. The monoisotopic (exact) mass is 257 g/mol. The number of aromatic nitrogens is 1. The summed E-state index contributed by atoms with van der Waals surface area (Å²) in [6.07, 6.45) is 3.32. The molecule has 1 aromatic heterocycles. The summed E-state index contributed by atoms with van der Waals surface area (Å²) in [4.78, 5) is 2.18. The molecular weight excluding hydrogens is 238 g/mol. The number of nitrogens with two attached hydrogens (primary N) is 1. The summed E-state index contributed by atoms with van der Waals surface area (Å²) < 4.78 is 9.70. The molecule has 0 saturated carbocycles. The normalized spacial score (nSPS) is 20.6. The van der Waals surface area contributed by atoms with Crippen LogP contribution in [-0.2, 0) is 0 Å². The Morgan fingerprint density at radius 2 is 2.41 bits per heavy atom. The first kappa shape index (κ1) is 12.4. The van der Waals surface area contributed by atoms with E-state index in [2.05, 4.69) is 9.27 Å². The second-order valence-corrected chi connectivity index (χ2v) is 4.91. The van der Waals surface area contributed by atoms with E-state index in [9.17, 15) is 5.11 Å². The third-order valence-corrected chi connectivity index (χ3v) is 3.93. The molecule has 0 bridgehead atoms. The molecule has 6 heteroatoms. The fourth-order valence-electron chi connectivity index (χ4n) is 2.21. The zero-order valence-electron chi connectivity index (χ0n) is 10.1. The number of nitrogens with zero attached hydrogens (tertiary/aromatic N) is 2. The Kier molecular flexibility index (Phi) is 4.06. The third-order valence-electron chi connectivity index (χ3n) is 3.04. The quantitative estimate of drug-likeness (QED) is 0.854. The lowest BCUT2D eigenvalue weighted by atomic mass is 10.0. The zero-order chi connectivity index (χ0) is 12.3. The summed E-state index contributed by atoms with van der Waals surface area (Å²) >= 11 is 1.36. The van der Waals surface area contributed by atoms with E-state index in [-0.39, 0.29) is 12.6 Å². The van der Waals surface area contributed by atoms with Crippen molar-refractivity contribution in [1.29, 1.82) is 0 Å². The summed E-state index contributed by atoms with van der Waals surface area (Å²) in [5.41, 5.74) is 5.81. The molecular formula is C11H19N3O2S. The molecule has 1 aliphatic rings. The Bertz CT molecular complexity index is 370. The molecule has 96 valence electrons. The minimum absolute atomic E-state index is 0.169. The predicted octanol–water partition coefficient (Wildman–Crippen LogP) is 1.48. The van der Waals surface area contributed by atoms with E-state index >= 15 is 0 Å². The average Bonchev–Trinajstić information content (AvgIpc) is 2.72. The number of ether oxygens (including phenoxy) is 1. The van der Waals surface area contributed by atoms with Crippen LogP contribution in [0.25, 0.3) is 0 Å². The van der Waals surface area contributed by atoms with Crippen LogP contribution in [0.15, 0.2) is 0 Å². The SMILES string of the molecule is CCOc1c(N)nsc1N1CCCCC1CO. The molecule has 0 spiro atoms. The lowest BCUT2D eigenvalue weighted by Gasteiger charge is -2.35. The summed E-state index contributed by atoms with van der Waals surface area (Å²) in [5.74, 6) is 1.13. The minimum Gasteiger partial charge on any atom is -0.487 e. The van der Waals surface area contributed by atoms with Gasteiger partial charge in [0.2, 0.25) is 0 Å². The van der Waals surface area contributed by atoms with E-state index < -0.39 is 0 Å². The van der Waals surface area contributed by atoms with Crippen molar-refractivity contribution in [3.05, 3.63) is 0 Å². The van der Waals surface area contributed by atoms with Gasteiger partial charge >= 0.3 is 0 Å². The molecule has 0 aliphatic carbocycles. The second kappa shape index (κ2) is 5.55. The number of aliphatic hydroxyl groups excluding tert-OH is 1. The van der Waals surface area contributed by atoms with Gasteiger partial charge in [0.15, 0.2) is 16.6 Å². The average molecular weight is 257 g/mol. The van der Waals surface area contributed by atoms with Crippen LogP contribution in [0.3, 0.4) is 0 Å². The first-order valence-electron chi connectivity index (χ1n) is 6.03. The van der Waals surface area contributed by atoms with Gasteiger partial charge in [0.05, 0.1) is 19.3 Å². The maximum Gasteiger partial charge on any atom is 0.197 e. The van der Waals surface area contributed by atoms with Crippen LogP contribution in [0.4, 0.5) is 10.8 Å². The summed E-state index contributed by atoms with van der Waals surface area (Å²) in [5, 5.41) is 10.4. The smallest absolute Gasteiger partial charge is 0.197 e. The number of piperidine rings is 1. The van der Waals surface area contributed by atoms with Crippen LogP contribution in [0, 0.1) is 0 Å². The predicted molar refractivity (Wildman–Crippen MR) is 69.8 cm³/mol. The molecule has 17 heavy (non-hydrogen) atoms. The van der Waals surface area contributed by atoms with Gasteiger partial charge in [-0.05, 0) is 37.7 Å². The van der Waals surface area contributed by atoms with Crippen LogP contribution in [-0.4, -0.2) is 35.3 Å². The van der Waals surface area contributed by atoms with Crippen molar-refractivity contribution in [1.82, 2.24) is 4.37 Å². The van der Waals surface area contributed by atoms with Crippen LogP contribution in [0.1, 0.15) is 26.2 Å². The Labute approximate surface area is 105 Å². The van der Waals surface area contributed by atoms with Gasteiger partial charge in [-0.25, -0.2) is 0 Å². The molecule has 0 aromatic carbocycles. The highest BCUT2D eigenvalue weighted by molar-refractivity contribution is 7.11. The fourth-order valence-corrected chi connectivity index (χ4v) is 3.06. The van der Waals surface area contributed by atoms with Crippen LogP contribution >= 0.6 is 11.5 Å². The number of rotatable bonds is 4. The maximum atomic E-state index is 9.42. The molecule has 5 nitrogen and oxygen atoms in total. The van der Waals surface area contributed by atoms with Gasteiger partial charge in [-0.3, -0.25) is 0 Å². The molecule has 2 rings (SSSR count). The van der Waals surface area contributed by atoms with E-state index in [0.717, 1.165) is 24.4 Å². The number of anilines is 2. The van der Waals surface area contributed by atoms with Crippen molar-refractivity contribution in [3.63, 3.8) is 0 Å². The first-order chi connectivity index (χ1) is 8.27. The van der Waals surface area contributed by atoms with Crippen LogP contribution < -0.4 is 15.4 Å². The molecule has 1 aromatic rings. The van der Waals surface area contributed by atoms with Crippen molar-refractivity contribution in [2.24, 2.45) is 0 Å². The van der Waals surface area contributed by atoms with Gasteiger partial charge < -0.3 is 20.5 Å². The number of hydrogen-bond acceptors (Lipinski definition) is 6. The molecule has 0 amide bonds. The van der Waals surface area contributed by atoms with Gasteiger partial charge in [-0.1, -0.05) is 0 Å². The van der Waals surface area contributed by atoms with Crippen LogP contribution in [0.5, 0.6) is 5.75 Å². The molecule has 2 heterocycles. The third kappa shape index (κ3) is 2.47. The van der Waals surface area contributed by atoms with Crippen molar-refractivity contribution >= 4 is 22.4 Å². The summed E-state index contributed by atoms with van der Waals surface area (Å²) in [6, 6.07) is 0.169. The molecule has 1 fully saturated rings. The molecule has 1 unspecified atom stereocenters. The standard InChI is InChI=1S/C11H19N3O2S/c1-2-16-9-10(12)13-17-11(9)14-6-4-3-5-8(14)7-15/h8,15H,2-7H2,1H3,(H2,12,13). The number of hydrogen-bond donors (Lipinski definition) is 2. The van der Waals surface area contributed by atoms with Crippen molar-refractivity contribution in [2.75, 3.05) is 30.4 Å². The lowest BCUT2D eigenvalue weighted by Crippen LogP contribution is -2.41. The van der Waals surface area contributed by atoms with E-state index in [1.54, 1.807) is 0 Å². The molecule has 1 aliphatic heterocycles. The largest absolute Gasteiger partial charge is 0.487 e. The number of nitrogen functional groups attached to an aromatic ring is 1. The molecule has 1 atom stereocenters. The van der Waals surface area contributed by atoms with Crippen molar-refractivity contribution in [2.45, 2.75) is 32.2 Å². The Morgan fingerprint density at radius 1 is 1.59 bits per heavy atom. The van der Waals surface area contributed by atoms with Gasteiger partial charge in [0, 0.05) is 6.54 Å². The van der Waals surface area contributed by atoms with E-state index in [4.69, 9.17) is 10.5 Å². The highest BCUT2D eigenvalue weighted by Gasteiger charge is 2.27. The number of aliphatic hydroxyl groups is 1. The van der Waals surface area contributed by atoms with Crippen LogP contribution in [0.2, 0.25) is 0 Å². The van der Waals surface area contributed by atoms with E-state index in [1.165, 1.54) is 18.0 Å². The Balaban J connectivity index is 2.24. The lowest BCUT2D eigenvalue weighted by molar-refractivity contribution is 0.239. The van der Waals surface area contributed by atoms with Crippen molar-refractivity contribution in [3.8, 4) is 5.75 Å².